The van der Waals surface area contributed by atoms with Gasteiger partial charge in [0.05, 0.1) is 31.5 Å². The second-order valence-corrected chi connectivity index (χ2v) is 10.5. The molecular weight excluding hydrogens is 520 g/mol. The van der Waals surface area contributed by atoms with Gasteiger partial charge in [0.25, 0.3) is 0 Å². The average Bonchev–Trinajstić information content (AvgIpc) is 3.41. The zero-order chi connectivity index (χ0) is 26.7. The molecule has 18 heteroatoms. The van der Waals surface area contributed by atoms with Gasteiger partial charge in [-0.05, 0) is 20.8 Å². The number of nitrogens with one attached hydrogen (secondary N) is 2. The Balaban J connectivity index is 0.000000201. The highest BCUT2D eigenvalue weighted by Gasteiger charge is 2.47. The molecule has 4 N–H and O–H groups in total. The molecule has 2 aliphatic heterocycles. The number of aryl methyl sites for hydroxylation is 1. The second-order valence-electron chi connectivity index (χ2n) is 8.53. The first-order chi connectivity index (χ1) is 16.8. The summed E-state index contributed by atoms with van der Waals surface area (Å²) in [6.45, 7) is 6.34. The van der Waals surface area contributed by atoms with Crippen LogP contribution in [0.15, 0.2) is 16.6 Å². The molecule has 1 unspecified atom stereocenters. The number of ether oxygens (including phenoxy) is 1. The van der Waals surface area contributed by atoms with Crippen molar-refractivity contribution in [3.63, 3.8) is 0 Å². The average molecular weight is 547 g/mol. The van der Waals surface area contributed by atoms with Crippen LogP contribution in [0.5, 0.6) is 0 Å². The van der Waals surface area contributed by atoms with Gasteiger partial charge in [-0.1, -0.05) is 0 Å². The second kappa shape index (κ2) is 10.7. The van der Waals surface area contributed by atoms with Crippen molar-refractivity contribution in [1.82, 2.24) is 30.2 Å². The molecule has 0 radical (unpaired) electrons. The maximum atomic E-state index is 11.9. The van der Waals surface area contributed by atoms with Crippen LogP contribution in [-0.2, 0) is 39.6 Å². The van der Waals surface area contributed by atoms with Crippen LogP contribution in [0.4, 0.5) is 15.4 Å². The maximum absolute atomic E-state index is 11.9. The highest BCUT2D eigenvalue weighted by Crippen LogP contribution is 2.37. The Morgan fingerprint density at radius 2 is 2.14 bits per heavy atom. The van der Waals surface area contributed by atoms with Gasteiger partial charge in [0.1, 0.15) is 28.8 Å². The Bertz CT molecular complexity index is 1240. The predicted molar refractivity (Wildman–Crippen MR) is 125 cm³/mol. The van der Waals surface area contributed by atoms with Crippen LogP contribution in [0.2, 0.25) is 0 Å². The molecule has 2 bridgehead atoms. The number of carbonyl (C=O) groups excluding carboxylic acids is 2. The molecule has 1 fully saturated rings. The summed E-state index contributed by atoms with van der Waals surface area (Å²) >= 11 is 1.36. The first-order valence-corrected chi connectivity index (χ1v) is 12.6. The number of hydroxylamine groups is 3. The summed E-state index contributed by atoms with van der Waals surface area (Å²) < 4.78 is 41.2. The number of hydrogen-bond donors (Lipinski definition) is 4. The van der Waals surface area contributed by atoms with Crippen molar-refractivity contribution in [2.75, 3.05) is 11.9 Å². The highest BCUT2D eigenvalue weighted by molar-refractivity contribution is 7.80. The van der Waals surface area contributed by atoms with Crippen molar-refractivity contribution in [2.24, 2.45) is 12.0 Å². The van der Waals surface area contributed by atoms with Crippen LogP contribution < -0.4 is 10.8 Å². The smallest absolute Gasteiger partial charge is 0.418 e. The molecule has 4 heterocycles. The van der Waals surface area contributed by atoms with E-state index in [0.717, 1.165) is 17.6 Å². The van der Waals surface area contributed by atoms with E-state index in [9.17, 15) is 18.0 Å². The monoisotopic (exact) mass is 546 g/mol. The molecule has 0 spiro atoms. The fraction of sp³-hybridized carbons (Fsp3) is 0.500. The molecule has 198 valence electrons. The molecule has 36 heavy (non-hydrogen) atoms. The van der Waals surface area contributed by atoms with E-state index >= 15 is 0 Å². The molecule has 4 rings (SSSR count). The van der Waals surface area contributed by atoms with Gasteiger partial charge in [-0.25, -0.2) is 14.6 Å². The third kappa shape index (κ3) is 7.10. The minimum Gasteiger partial charge on any atom is -0.444 e. The number of aromatic nitrogens is 3. The molecule has 0 aliphatic carbocycles. The summed E-state index contributed by atoms with van der Waals surface area (Å²) in [7, 11) is -2.98. The minimum atomic E-state index is -4.72. The standard InChI is InChI=1S/C10H16N4O3S.C8H10N4O5S/c1-10(2,3)17-9(15)14-7-5-18-8(13-7)4-11-6-12-16;1-10-6-3-11-4-7(5(6)2-9-10)12(8(11)13)17-18(14,15)16/h5-6,16H,4H2,1-3H3,(H,11,12)(H,14,15);2,7H,3-4H2,1H3,(H,14,15,16). The minimum absolute atomic E-state index is 0.313. The van der Waals surface area contributed by atoms with Crippen molar-refractivity contribution < 1.29 is 36.8 Å². The third-order valence-electron chi connectivity index (χ3n) is 4.66. The number of carbonyl (C=O) groups is 2. The van der Waals surface area contributed by atoms with Gasteiger partial charge in [-0.15, -0.1) is 15.6 Å². The number of fused-ring (bicyclic) bond motifs is 4. The van der Waals surface area contributed by atoms with Gasteiger partial charge in [0.2, 0.25) is 0 Å². The van der Waals surface area contributed by atoms with Gasteiger partial charge < -0.3 is 9.64 Å². The first kappa shape index (κ1) is 27.3. The number of aliphatic imine (C=N–C) groups is 1. The van der Waals surface area contributed by atoms with E-state index < -0.39 is 34.2 Å². The normalized spacial score (nSPS) is 17.1. The Labute approximate surface area is 210 Å². The fourth-order valence-electron chi connectivity index (χ4n) is 3.32. The van der Waals surface area contributed by atoms with Crippen LogP contribution >= 0.6 is 11.3 Å². The molecule has 0 saturated carbocycles. The molecule has 2 aromatic rings. The Hall–Kier alpha value is -3.32. The van der Waals surface area contributed by atoms with Gasteiger partial charge in [-0.3, -0.25) is 30.2 Å². The number of thiazole rings is 1. The van der Waals surface area contributed by atoms with Crippen LogP contribution in [-0.4, -0.2) is 73.5 Å². The summed E-state index contributed by atoms with van der Waals surface area (Å²) in [4.78, 5) is 32.7. The largest absolute Gasteiger partial charge is 0.444 e. The molecule has 1 atom stereocenters. The van der Waals surface area contributed by atoms with Crippen molar-refractivity contribution in [3.8, 4) is 0 Å². The molecule has 2 aromatic heterocycles. The summed E-state index contributed by atoms with van der Waals surface area (Å²) in [6.07, 6.45) is 2.18. The topological polar surface area (TPSA) is 201 Å². The number of hydrogen-bond acceptors (Lipinski definition) is 11. The summed E-state index contributed by atoms with van der Waals surface area (Å²) in [5, 5.41) is 18.0. The van der Waals surface area contributed by atoms with Crippen molar-refractivity contribution in [1.29, 1.82) is 0 Å². The third-order valence-corrected chi connectivity index (χ3v) is 5.84. The van der Waals surface area contributed by atoms with Crippen LogP contribution in [0.3, 0.4) is 0 Å². The quantitative estimate of drug-likeness (QED) is 0.177. The molecule has 3 amide bonds. The van der Waals surface area contributed by atoms with E-state index in [0.29, 0.717) is 35.5 Å². The maximum Gasteiger partial charge on any atom is 0.418 e. The highest BCUT2D eigenvalue weighted by atomic mass is 32.3. The first-order valence-electron chi connectivity index (χ1n) is 10.4. The lowest BCUT2D eigenvalue weighted by Crippen LogP contribution is -2.32. The Morgan fingerprint density at radius 3 is 2.78 bits per heavy atom. The van der Waals surface area contributed by atoms with E-state index in [1.165, 1.54) is 16.2 Å². The number of rotatable bonds is 6. The Kier molecular flexibility index (Phi) is 8.14. The molecule has 0 aromatic carbocycles. The lowest BCUT2D eigenvalue weighted by molar-refractivity contribution is -0.0316. The van der Waals surface area contributed by atoms with Crippen molar-refractivity contribution in [3.05, 3.63) is 27.8 Å². The lowest BCUT2D eigenvalue weighted by atomic mass is 10.1. The SMILES string of the molecule is CC(C)(C)OC(=O)Nc1csc(CN=CNO)n1.Cn1ncc2c1CN1CC2N(OS(=O)(=O)O)C1=O. The van der Waals surface area contributed by atoms with E-state index in [1.54, 1.807) is 49.6 Å². The zero-order valence-corrected chi connectivity index (χ0v) is 21.4. The Morgan fingerprint density at radius 1 is 1.42 bits per heavy atom. The van der Waals surface area contributed by atoms with Gasteiger partial charge in [0.15, 0.2) is 0 Å². The summed E-state index contributed by atoms with van der Waals surface area (Å²) in [6, 6.07) is -1.16. The van der Waals surface area contributed by atoms with Crippen LogP contribution in [0.25, 0.3) is 0 Å². The van der Waals surface area contributed by atoms with Crippen LogP contribution in [0.1, 0.15) is 43.1 Å². The van der Waals surface area contributed by atoms with E-state index in [2.05, 4.69) is 24.7 Å². The fourth-order valence-corrected chi connectivity index (χ4v) is 4.35. The molecule has 1 saturated heterocycles. The van der Waals surface area contributed by atoms with Gasteiger partial charge in [-0.2, -0.15) is 18.6 Å². The zero-order valence-electron chi connectivity index (χ0n) is 19.8. The van der Waals surface area contributed by atoms with E-state index in [4.69, 9.17) is 14.5 Å². The molecular formula is C18H26N8O8S2. The number of amides is 3. The van der Waals surface area contributed by atoms with Crippen LogP contribution in [0, 0.1) is 0 Å². The van der Waals surface area contributed by atoms with E-state index in [-0.39, 0.29) is 0 Å². The summed E-state index contributed by atoms with van der Waals surface area (Å²) in [5.74, 6) is 0.427. The number of nitrogens with zero attached hydrogens (tertiary/aromatic N) is 6. The molecule has 16 nitrogen and oxygen atoms in total. The number of urea groups is 1. The molecule has 2 aliphatic rings. The van der Waals surface area contributed by atoms with Gasteiger partial charge >= 0.3 is 22.5 Å². The van der Waals surface area contributed by atoms with E-state index in [1.807, 2.05) is 0 Å². The van der Waals surface area contributed by atoms with Gasteiger partial charge in [0, 0.05) is 18.0 Å². The van der Waals surface area contributed by atoms with Crippen molar-refractivity contribution >= 4 is 46.0 Å². The lowest BCUT2D eigenvalue weighted by Gasteiger charge is -2.21. The number of anilines is 1. The summed E-state index contributed by atoms with van der Waals surface area (Å²) in [5.41, 5.74) is 2.80. The van der Waals surface area contributed by atoms with Crippen molar-refractivity contribution in [2.45, 2.75) is 45.5 Å². The predicted octanol–water partition coefficient (Wildman–Crippen LogP) is 1.44.